The van der Waals surface area contributed by atoms with Crippen LogP contribution in [-0.2, 0) is 11.2 Å². The monoisotopic (exact) mass is 512 g/mol. The topological polar surface area (TPSA) is 70.1 Å². The third-order valence-corrected chi connectivity index (χ3v) is 6.49. The maximum atomic E-state index is 11.7. The summed E-state index contributed by atoms with van der Waals surface area (Å²) in [6, 6.07) is 13.1. The van der Waals surface area contributed by atoms with Crippen LogP contribution in [0.15, 0.2) is 42.5 Å². The van der Waals surface area contributed by atoms with Gasteiger partial charge in [-0.25, -0.2) is 9.59 Å². The van der Waals surface area contributed by atoms with Gasteiger partial charge in [-0.1, -0.05) is 59.3 Å². The highest BCUT2D eigenvalue weighted by Gasteiger charge is 2.15. The van der Waals surface area contributed by atoms with Gasteiger partial charge in [-0.05, 0) is 66.8 Å². The molecule has 0 aliphatic heterocycles. The third-order valence-electron chi connectivity index (χ3n) is 6.49. The predicted octanol–water partition coefficient (Wildman–Crippen LogP) is 7.31. The maximum absolute atomic E-state index is 11.7. The lowest BCUT2D eigenvalue weighted by Crippen LogP contribution is -2.13. The summed E-state index contributed by atoms with van der Waals surface area (Å²) in [6.07, 6.45) is 8.73. The third kappa shape index (κ3) is 11.7. The largest absolute Gasteiger partial charge is 0.478 e. The summed E-state index contributed by atoms with van der Waals surface area (Å²) < 4.78 is 5.18. The Morgan fingerprint density at radius 3 is 1.95 bits per heavy atom. The summed E-state index contributed by atoms with van der Waals surface area (Å²) in [5.41, 5.74) is 4.17. The number of ether oxygens (including phenoxy) is 1. The number of carbonyl (C=O) groups excluding carboxylic acids is 1. The first-order chi connectivity index (χ1) is 17.6. The predicted molar refractivity (Wildman–Crippen MR) is 155 cm³/mol. The molecule has 6 heteroatoms. The minimum Gasteiger partial charge on any atom is -0.478 e. The van der Waals surface area contributed by atoms with Gasteiger partial charge >= 0.3 is 11.9 Å². The first kappa shape index (κ1) is 32.0. The van der Waals surface area contributed by atoms with Crippen LogP contribution in [0.25, 0.3) is 0 Å². The molecule has 2 rings (SSSR count). The minimum absolute atomic E-state index is 0.230. The molecule has 0 fully saturated rings. The van der Waals surface area contributed by atoms with E-state index in [1.165, 1.54) is 19.3 Å². The Bertz CT molecular complexity index is 939. The highest BCUT2D eigenvalue weighted by Crippen LogP contribution is 2.25. The van der Waals surface area contributed by atoms with Crippen LogP contribution >= 0.6 is 0 Å². The van der Waals surface area contributed by atoms with E-state index in [2.05, 4.69) is 20.8 Å². The van der Waals surface area contributed by atoms with Crippen LogP contribution in [0.2, 0.25) is 0 Å². The molecular formula is C31H48N2O4. The van der Waals surface area contributed by atoms with E-state index in [1.807, 2.05) is 62.3 Å². The summed E-state index contributed by atoms with van der Waals surface area (Å²) >= 11 is 0. The highest BCUT2D eigenvalue weighted by molar-refractivity contribution is 5.90. The maximum Gasteiger partial charge on any atom is 0.338 e. The summed E-state index contributed by atoms with van der Waals surface area (Å²) in [5, 5.41) is 9.34. The number of benzene rings is 2. The lowest BCUT2D eigenvalue weighted by atomic mass is 9.89. The van der Waals surface area contributed by atoms with Crippen molar-refractivity contribution < 1.29 is 19.4 Å². The number of aromatic carboxylic acids is 1. The number of rotatable bonds is 14. The number of carbonyl (C=O) groups is 2. The van der Waals surface area contributed by atoms with Gasteiger partial charge in [0.25, 0.3) is 0 Å². The average Bonchev–Trinajstić information content (AvgIpc) is 2.89. The number of anilines is 2. The Morgan fingerprint density at radius 2 is 1.43 bits per heavy atom. The number of hydrogen-bond donors (Lipinski definition) is 1. The summed E-state index contributed by atoms with van der Waals surface area (Å²) in [6.45, 7) is 7.03. The smallest absolute Gasteiger partial charge is 0.338 e. The Morgan fingerprint density at radius 1 is 0.838 bits per heavy atom. The molecule has 0 bridgehead atoms. The van der Waals surface area contributed by atoms with Gasteiger partial charge in [0, 0.05) is 39.6 Å². The molecule has 206 valence electrons. The summed E-state index contributed by atoms with van der Waals surface area (Å²) in [4.78, 5) is 27.0. The van der Waals surface area contributed by atoms with E-state index in [9.17, 15) is 14.7 Å². The zero-order chi connectivity index (χ0) is 27.8. The van der Waals surface area contributed by atoms with Crippen LogP contribution in [0.4, 0.5) is 11.4 Å². The van der Waals surface area contributed by atoms with E-state index < -0.39 is 5.97 Å². The van der Waals surface area contributed by atoms with Crippen molar-refractivity contribution in [3.63, 3.8) is 0 Å². The lowest BCUT2D eigenvalue weighted by molar-refractivity contribution is 0.0497. The lowest BCUT2D eigenvalue weighted by Gasteiger charge is -2.19. The van der Waals surface area contributed by atoms with E-state index in [0.717, 1.165) is 49.0 Å². The van der Waals surface area contributed by atoms with Gasteiger partial charge in [-0.15, -0.1) is 0 Å². The van der Waals surface area contributed by atoms with E-state index in [1.54, 1.807) is 18.2 Å². The molecule has 0 aromatic heterocycles. The number of carboxylic acid groups (broad SMARTS) is 1. The Labute approximate surface area is 224 Å². The van der Waals surface area contributed by atoms with Crippen molar-refractivity contribution in [3.8, 4) is 0 Å². The van der Waals surface area contributed by atoms with E-state index in [-0.39, 0.29) is 5.97 Å². The van der Waals surface area contributed by atoms with Gasteiger partial charge in [0.15, 0.2) is 0 Å². The zero-order valence-corrected chi connectivity index (χ0v) is 24.0. The first-order valence-corrected chi connectivity index (χ1v) is 13.6. The molecule has 2 aromatic rings. The SMILES string of the molecule is CCCCC(CC)Cc1cc(N(C)C)ccc1C(=O)O.CCCCCOC(=O)c1ccc(N(C)C)cc1. The second-order valence-corrected chi connectivity index (χ2v) is 9.95. The second-order valence-electron chi connectivity index (χ2n) is 9.95. The Balaban J connectivity index is 0.000000375. The second kappa shape index (κ2) is 17.4. The normalized spacial score (nSPS) is 11.2. The van der Waals surface area contributed by atoms with Crippen LogP contribution < -0.4 is 9.80 Å². The van der Waals surface area contributed by atoms with Crippen molar-refractivity contribution in [3.05, 3.63) is 59.2 Å². The van der Waals surface area contributed by atoms with Crippen molar-refractivity contribution in [1.29, 1.82) is 0 Å². The molecule has 37 heavy (non-hydrogen) atoms. The number of unbranched alkanes of at least 4 members (excludes halogenated alkanes) is 3. The van der Waals surface area contributed by atoms with Crippen LogP contribution in [0.5, 0.6) is 0 Å². The van der Waals surface area contributed by atoms with Crippen molar-refractivity contribution >= 4 is 23.3 Å². The van der Waals surface area contributed by atoms with E-state index in [0.29, 0.717) is 23.7 Å². The van der Waals surface area contributed by atoms with Crippen molar-refractivity contribution in [2.24, 2.45) is 5.92 Å². The minimum atomic E-state index is -0.823. The fourth-order valence-corrected chi connectivity index (χ4v) is 3.99. The molecule has 1 unspecified atom stereocenters. The number of carboxylic acids is 1. The van der Waals surface area contributed by atoms with Crippen molar-refractivity contribution in [1.82, 2.24) is 0 Å². The van der Waals surface area contributed by atoms with Crippen molar-refractivity contribution in [2.75, 3.05) is 44.6 Å². The van der Waals surface area contributed by atoms with Gasteiger partial charge < -0.3 is 19.6 Å². The molecule has 0 saturated carbocycles. The quantitative estimate of drug-likeness (QED) is 0.211. The molecule has 6 nitrogen and oxygen atoms in total. The van der Waals surface area contributed by atoms with Crippen LogP contribution in [0.3, 0.4) is 0 Å². The van der Waals surface area contributed by atoms with Crippen LogP contribution in [0.1, 0.15) is 92.0 Å². The molecule has 0 spiro atoms. The van der Waals surface area contributed by atoms with Crippen LogP contribution in [-0.4, -0.2) is 51.8 Å². The van der Waals surface area contributed by atoms with Crippen molar-refractivity contribution in [2.45, 2.75) is 72.1 Å². The van der Waals surface area contributed by atoms with Gasteiger partial charge in [0.2, 0.25) is 0 Å². The molecule has 0 radical (unpaired) electrons. The van der Waals surface area contributed by atoms with E-state index in [4.69, 9.17) is 4.74 Å². The van der Waals surface area contributed by atoms with Crippen LogP contribution in [0, 0.1) is 5.92 Å². The van der Waals surface area contributed by atoms with Gasteiger partial charge in [-0.2, -0.15) is 0 Å². The number of esters is 1. The van der Waals surface area contributed by atoms with Gasteiger partial charge in [0.1, 0.15) is 0 Å². The standard InChI is InChI=1S/C17H27NO2.C14H21NO2/c1-5-7-8-13(6-2)11-14-12-15(18(3)4)9-10-16(14)17(19)20;1-4-5-6-11-17-14(16)12-7-9-13(10-8-12)15(2)3/h9-10,12-13H,5-8,11H2,1-4H3,(H,19,20);7-10H,4-6,11H2,1-3H3. The molecule has 0 saturated heterocycles. The molecule has 2 aromatic carbocycles. The Kier molecular flexibility index (Phi) is 15.1. The molecule has 1 N–H and O–H groups in total. The molecular weight excluding hydrogens is 464 g/mol. The molecule has 0 heterocycles. The molecule has 1 atom stereocenters. The summed E-state index contributed by atoms with van der Waals surface area (Å²) in [7, 11) is 7.90. The number of nitrogens with zero attached hydrogens (tertiary/aromatic N) is 2. The first-order valence-electron chi connectivity index (χ1n) is 13.6. The fraction of sp³-hybridized carbons (Fsp3) is 0.548. The van der Waals surface area contributed by atoms with Gasteiger partial charge in [0.05, 0.1) is 17.7 Å². The fourth-order valence-electron chi connectivity index (χ4n) is 3.99. The molecule has 0 aliphatic rings. The molecule has 0 amide bonds. The molecule has 0 aliphatic carbocycles. The van der Waals surface area contributed by atoms with Gasteiger partial charge in [-0.3, -0.25) is 0 Å². The Hall–Kier alpha value is -3.02. The average molecular weight is 513 g/mol. The number of hydrogen-bond acceptors (Lipinski definition) is 5. The highest BCUT2D eigenvalue weighted by atomic mass is 16.5. The summed E-state index contributed by atoms with van der Waals surface area (Å²) in [5.74, 6) is -0.479. The zero-order valence-electron chi connectivity index (χ0n) is 24.0. The van der Waals surface area contributed by atoms with E-state index >= 15 is 0 Å².